The monoisotopic (exact) mass is 210 g/mol. The topological polar surface area (TPSA) is 0 Å². The van der Waals surface area contributed by atoms with Crippen LogP contribution in [0.4, 0.5) is 0 Å². The van der Waals surface area contributed by atoms with Crippen molar-refractivity contribution in [1.82, 2.24) is 0 Å². The summed E-state index contributed by atoms with van der Waals surface area (Å²) in [5.74, 6) is 1.16. The molecule has 2 aromatic heterocycles. The van der Waals surface area contributed by atoms with Crippen LogP contribution in [0, 0.1) is 0 Å². The molecule has 0 saturated heterocycles. The zero-order valence-corrected chi connectivity index (χ0v) is 8.69. The molecule has 0 amide bonds. The molecule has 0 unspecified atom stereocenters. The molecule has 0 aromatic carbocycles. The van der Waals surface area contributed by atoms with Gasteiger partial charge in [0.1, 0.15) is 0 Å². The minimum absolute atomic E-state index is 1.16. The first kappa shape index (κ1) is 7.18. The van der Waals surface area contributed by atoms with Crippen molar-refractivity contribution in [2.45, 2.75) is 10.6 Å². The van der Waals surface area contributed by atoms with Gasteiger partial charge in [-0.25, -0.2) is 0 Å². The van der Waals surface area contributed by atoms with Gasteiger partial charge in [-0.2, -0.15) is 0 Å². The molecule has 12 heavy (non-hydrogen) atoms. The Kier molecular flexibility index (Phi) is 1.57. The van der Waals surface area contributed by atoms with E-state index in [-0.39, 0.29) is 0 Å². The Morgan fingerprint density at radius 2 is 1.83 bits per heavy atom. The lowest BCUT2D eigenvalue weighted by molar-refractivity contribution is 1.40. The van der Waals surface area contributed by atoms with Gasteiger partial charge < -0.3 is 0 Å². The highest BCUT2D eigenvalue weighted by Gasteiger charge is 2.18. The molecule has 2 aromatic rings. The third-order valence-electron chi connectivity index (χ3n) is 1.97. The van der Waals surface area contributed by atoms with Crippen molar-refractivity contribution in [1.29, 1.82) is 0 Å². The number of hydrogen-bond donors (Lipinski definition) is 0. The second kappa shape index (κ2) is 2.62. The third kappa shape index (κ3) is 0.903. The van der Waals surface area contributed by atoms with E-state index in [1.54, 1.807) is 0 Å². The molecular formula is C9H6S3. The van der Waals surface area contributed by atoms with Gasteiger partial charge in [-0.05, 0) is 28.5 Å². The summed E-state index contributed by atoms with van der Waals surface area (Å²) < 4.78 is 0. The fourth-order valence-electron chi connectivity index (χ4n) is 1.38. The van der Waals surface area contributed by atoms with Crippen molar-refractivity contribution in [2.75, 3.05) is 0 Å². The highest BCUT2D eigenvalue weighted by molar-refractivity contribution is 7.99. The van der Waals surface area contributed by atoms with E-state index in [9.17, 15) is 0 Å². The minimum Gasteiger partial charge on any atom is -0.143 e. The minimum atomic E-state index is 1.16. The fourth-order valence-corrected chi connectivity index (χ4v) is 4.82. The lowest BCUT2D eigenvalue weighted by Gasteiger charge is -2.10. The average molecular weight is 210 g/mol. The van der Waals surface area contributed by atoms with E-state index in [0.717, 1.165) is 5.75 Å². The molecule has 0 fully saturated rings. The molecule has 3 heteroatoms. The molecule has 0 atom stereocenters. The zero-order chi connectivity index (χ0) is 7.97. The summed E-state index contributed by atoms with van der Waals surface area (Å²) >= 11 is 5.69. The first-order valence-electron chi connectivity index (χ1n) is 3.72. The highest BCUT2D eigenvalue weighted by Crippen LogP contribution is 2.46. The first-order valence-corrected chi connectivity index (χ1v) is 6.46. The van der Waals surface area contributed by atoms with Gasteiger partial charge in [0.15, 0.2) is 0 Å². The standard InChI is InChI=1S/C9H6S3/c1-3-10-8-6(1)5-12-7-2-4-11-9(7)8/h1-4H,5H2. The molecule has 0 bridgehead atoms. The average Bonchev–Trinajstić information content (AvgIpc) is 2.71. The molecule has 0 saturated carbocycles. The van der Waals surface area contributed by atoms with Crippen molar-refractivity contribution in [3.8, 4) is 9.75 Å². The van der Waals surface area contributed by atoms with Crippen LogP contribution in [-0.2, 0) is 5.75 Å². The van der Waals surface area contributed by atoms with Crippen LogP contribution in [0.1, 0.15) is 5.56 Å². The number of thiophene rings is 2. The molecular weight excluding hydrogens is 204 g/mol. The van der Waals surface area contributed by atoms with E-state index in [1.807, 2.05) is 34.4 Å². The van der Waals surface area contributed by atoms with Gasteiger partial charge in [0.25, 0.3) is 0 Å². The molecule has 60 valence electrons. The lowest BCUT2D eigenvalue weighted by Crippen LogP contribution is -1.86. The molecule has 1 aliphatic rings. The van der Waals surface area contributed by atoms with E-state index in [2.05, 4.69) is 22.9 Å². The van der Waals surface area contributed by atoms with Gasteiger partial charge in [-0.3, -0.25) is 0 Å². The molecule has 0 aliphatic carbocycles. The number of rotatable bonds is 0. The Balaban J connectivity index is 2.32. The van der Waals surface area contributed by atoms with E-state index in [4.69, 9.17) is 0 Å². The Morgan fingerprint density at radius 3 is 2.83 bits per heavy atom. The summed E-state index contributed by atoms with van der Waals surface area (Å²) in [6.45, 7) is 0. The molecule has 1 aliphatic heterocycles. The molecule has 3 heterocycles. The van der Waals surface area contributed by atoms with Gasteiger partial charge >= 0.3 is 0 Å². The molecule has 0 nitrogen and oxygen atoms in total. The van der Waals surface area contributed by atoms with Crippen LogP contribution in [0.25, 0.3) is 9.75 Å². The fraction of sp³-hybridized carbons (Fsp3) is 0.111. The Bertz CT molecular complexity index is 371. The predicted molar refractivity (Wildman–Crippen MR) is 57.2 cm³/mol. The van der Waals surface area contributed by atoms with Gasteiger partial charge in [0, 0.05) is 15.5 Å². The van der Waals surface area contributed by atoms with Crippen LogP contribution in [0.5, 0.6) is 0 Å². The quantitative estimate of drug-likeness (QED) is 0.631. The number of fused-ring (bicyclic) bond motifs is 3. The second-order valence-electron chi connectivity index (χ2n) is 2.68. The van der Waals surface area contributed by atoms with Gasteiger partial charge in [-0.15, -0.1) is 34.4 Å². The Morgan fingerprint density at radius 1 is 1.00 bits per heavy atom. The van der Waals surface area contributed by atoms with Gasteiger partial charge in [0.2, 0.25) is 0 Å². The van der Waals surface area contributed by atoms with Crippen LogP contribution in [0.2, 0.25) is 0 Å². The van der Waals surface area contributed by atoms with Crippen LogP contribution in [0.3, 0.4) is 0 Å². The SMILES string of the molecule is c1cc2c(s1)-c1sccc1SC2. The summed E-state index contributed by atoms with van der Waals surface area (Å²) in [5.41, 5.74) is 1.51. The predicted octanol–water partition coefficient (Wildman–Crippen LogP) is 4.08. The normalized spacial score (nSPS) is 14.0. The van der Waals surface area contributed by atoms with Gasteiger partial charge in [-0.1, -0.05) is 0 Å². The van der Waals surface area contributed by atoms with Crippen LogP contribution in [-0.4, -0.2) is 0 Å². The number of thioether (sulfide) groups is 1. The summed E-state index contributed by atoms with van der Waals surface area (Å²) in [6.07, 6.45) is 0. The smallest absolute Gasteiger partial charge is 0.0581 e. The van der Waals surface area contributed by atoms with E-state index in [0.29, 0.717) is 0 Å². The largest absolute Gasteiger partial charge is 0.143 e. The summed E-state index contributed by atoms with van der Waals surface area (Å²) in [7, 11) is 0. The van der Waals surface area contributed by atoms with Crippen molar-refractivity contribution in [3.05, 3.63) is 28.5 Å². The van der Waals surface area contributed by atoms with E-state index < -0.39 is 0 Å². The molecule has 0 radical (unpaired) electrons. The summed E-state index contributed by atoms with van der Waals surface area (Å²) in [5, 5.41) is 4.38. The second-order valence-corrected chi connectivity index (χ2v) is 5.53. The van der Waals surface area contributed by atoms with E-state index in [1.165, 1.54) is 20.2 Å². The van der Waals surface area contributed by atoms with Crippen molar-refractivity contribution in [3.63, 3.8) is 0 Å². The van der Waals surface area contributed by atoms with Crippen molar-refractivity contribution < 1.29 is 0 Å². The lowest BCUT2D eigenvalue weighted by atomic mass is 10.2. The summed E-state index contributed by atoms with van der Waals surface area (Å²) in [4.78, 5) is 4.45. The van der Waals surface area contributed by atoms with Crippen LogP contribution >= 0.6 is 34.4 Å². The van der Waals surface area contributed by atoms with E-state index >= 15 is 0 Å². The van der Waals surface area contributed by atoms with Crippen LogP contribution in [0.15, 0.2) is 27.8 Å². The van der Waals surface area contributed by atoms with Crippen LogP contribution < -0.4 is 0 Å². The summed E-state index contributed by atoms with van der Waals surface area (Å²) in [6, 6.07) is 4.48. The Hall–Kier alpha value is -0.250. The first-order chi connectivity index (χ1) is 5.95. The maximum Gasteiger partial charge on any atom is 0.0581 e. The maximum atomic E-state index is 2.25. The highest BCUT2D eigenvalue weighted by atomic mass is 32.2. The maximum absolute atomic E-state index is 2.25. The van der Waals surface area contributed by atoms with Crippen molar-refractivity contribution >= 4 is 34.4 Å². The van der Waals surface area contributed by atoms with Gasteiger partial charge in [0.05, 0.1) is 4.88 Å². The molecule has 0 spiro atoms. The number of hydrogen-bond acceptors (Lipinski definition) is 3. The van der Waals surface area contributed by atoms with Crippen molar-refractivity contribution in [2.24, 2.45) is 0 Å². The third-order valence-corrected chi connectivity index (χ3v) is 5.24. The zero-order valence-electron chi connectivity index (χ0n) is 6.24. The Labute approximate surface area is 83.3 Å². The molecule has 0 N–H and O–H groups in total. The molecule has 3 rings (SSSR count).